The maximum absolute atomic E-state index is 13.2. The van der Waals surface area contributed by atoms with Crippen molar-refractivity contribution in [3.05, 3.63) is 29.6 Å². The molecule has 1 aromatic rings. The molecular weight excluding hydrogens is 219 g/mol. The van der Waals surface area contributed by atoms with E-state index in [4.69, 9.17) is 5.73 Å². The average molecular weight is 236 g/mol. The van der Waals surface area contributed by atoms with Crippen LogP contribution in [0.3, 0.4) is 0 Å². The first-order valence-electron chi connectivity index (χ1n) is 5.90. The molecule has 2 rings (SSSR count). The summed E-state index contributed by atoms with van der Waals surface area (Å²) in [5.74, 6) is -0.837. The third-order valence-electron chi connectivity index (χ3n) is 3.63. The van der Waals surface area contributed by atoms with Gasteiger partial charge in [-0.25, -0.2) is 4.39 Å². The first-order chi connectivity index (χ1) is 8.08. The van der Waals surface area contributed by atoms with Gasteiger partial charge in [0.2, 0.25) is 0 Å². The Labute approximate surface area is 100 Å². The summed E-state index contributed by atoms with van der Waals surface area (Å²) >= 11 is 0. The van der Waals surface area contributed by atoms with E-state index in [1.807, 2.05) is 0 Å². The molecule has 92 valence electrons. The van der Waals surface area contributed by atoms with E-state index in [9.17, 15) is 9.18 Å². The molecule has 0 saturated heterocycles. The van der Waals surface area contributed by atoms with Gasteiger partial charge in [0.1, 0.15) is 5.82 Å². The van der Waals surface area contributed by atoms with Crippen LogP contribution in [0, 0.1) is 11.2 Å². The Bertz CT molecular complexity index is 441. The lowest BCUT2D eigenvalue weighted by Crippen LogP contribution is -2.30. The Kier molecular flexibility index (Phi) is 3.05. The lowest BCUT2D eigenvalue weighted by molar-refractivity contribution is 0.0945. The predicted molar refractivity (Wildman–Crippen MR) is 65.1 cm³/mol. The SMILES string of the molecule is CCC1(CNC(=O)c2cccc(F)c2N)CC1. The van der Waals surface area contributed by atoms with Crippen molar-refractivity contribution in [2.24, 2.45) is 5.41 Å². The van der Waals surface area contributed by atoms with Crippen molar-refractivity contribution in [2.45, 2.75) is 26.2 Å². The van der Waals surface area contributed by atoms with Crippen LogP contribution in [0.1, 0.15) is 36.5 Å². The first kappa shape index (κ1) is 11.9. The van der Waals surface area contributed by atoms with E-state index in [2.05, 4.69) is 12.2 Å². The Balaban J connectivity index is 2.02. The smallest absolute Gasteiger partial charge is 0.253 e. The summed E-state index contributed by atoms with van der Waals surface area (Å²) in [4.78, 5) is 11.9. The third kappa shape index (κ3) is 2.40. The molecule has 0 spiro atoms. The van der Waals surface area contributed by atoms with E-state index in [0.29, 0.717) is 6.54 Å². The van der Waals surface area contributed by atoms with Gasteiger partial charge in [-0.3, -0.25) is 4.79 Å². The monoisotopic (exact) mass is 236 g/mol. The molecule has 0 aliphatic heterocycles. The van der Waals surface area contributed by atoms with Crippen molar-refractivity contribution in [2.75, 3.05) is 12.3 Å². The molecule has 1 aliphatic carbocycles. The number of nitrogen functional groups attached to an aromatic ring is 1. The van der Waals surface area contributed by atoms with E-state index in [0.717, 1.165) is 19.3 Å². The highest BCUT2D eigenvalue weighted by molar-refractivity contribution is 5.99. The van der Waals surface area contributed by atoms with Gasteiger partial charge in [0.05, 0.1) is 11.3 Å². The molecule has 0 radical (unpaired) electrons. The van der Waals surface area contributed by atoms with Gasteiger partial charge in [-0.15, -0.1) is 0 Å². The van der Waals surface area contributed by atoms with E-state index < -0.39 is 5.82 Å². The quantitative estimate of drug-likeness (QED) is 0.788. The molecule has 4 heteroatoms. The van der Waals surface area contributed by atoms with Crippen LogP contribution in [0.25, 0.3) is 0 Å². The fourth-order valence-electron chi connectivity index (χ4n) is 1.93. The number of rotatable bonds is 4. The number of carbonyl (C=O) groups excluding carboxylic acids is 1. The molecule has 0 atom stereocenters. The molecule has 0 unspecified atom stereocenters. The van der Waals surface area contributed by atoms with E-state index in [1.165, 1.54) is 12.1 Å². The highest BCUT2D eigenvalue weighted by atomic mass is 19.1. The Morgan fingerprint density at radius 2 is 2.24 bits per heavy atom. The lowest BCUT2D eigenvalue weighted by Gasteiger charge is -2.14. The molecule has 1 aliphatic rings. The summed E-state index contributed by atoms with van der Waals surface area (Å²) < 4.78 is 13.2. The van der Waals surface area contributed by atoms with Gasteiger partial charge in [-0.2, -0.15) is 0 Å². The summed E-state index contributed by atoms with van der Waals surface area (Å²) in [6, 6.07) is 4.28. The van der Waals surface area contributed by atoms with Crippen molar-refractivity contribution in [3.8, 4) is 0 Å². The fraction of sp³-hybridized carbons (Fsp3) is 0.462. The zero-order chi connectivity index (χ0) is 12.5. The molecule has 17 heavy (non-hydrogen) atoms. The molecule has 1 amide bonds. The Morgan fingerprint density at radius 1 is 1.53 bits per heavy atom. The minimum atomic E-state index is -0.547. The van der Waals surface area contributed by atoms with E-state index >= 15 is 0 Å². The maximum Gasteiger partial charge on any atom is 0.253 e. The molecule has 0 aromatic heterocycles. The second-order valence-corrected chi connectivity index (χ2v) is 4.74. The molecule has 0 heterocycles. The van der Waals surface area contributed by atoms with Crippen LogP contribution in [-0.2, 0) is 0 Å². The number of para-hydroxylation sites is 1. The van der Waals surface area contributed by atoms with Crippen LogP contribution in [0.2, 0.25) is 0 Å². The van der Waals surface area contributed by atoms with Gasteiger partial charge in [0.25, 0.3) is 5.91 Å². The normalized spacial score (nSPS) is 16.6. The number of anilines is 1. The van der Waals surface area contributed by atoms with Crippen LogP contribution < -0.4 is 11.1 Å². The van der Waals surface area contributed by atoms with E-state index in [-0.39, 0.29) is 22.6 Å². The van der Waals surface area contributed by atoms with Gasteiger partial charge in [0.15, 0.2) is 0 Å². The summed E-state index contributed by atoms with van der Waals surface area (Å²) in [5, 5.41) is 2.84. The van der Waals surface area contributed by atoms with Crippen LogP contribution in [0.4, 0.5) is 10.1 Å². The van der Waals surface area contributed by atoms with Crippen molar-refractivity contribution < 1.29 is 9.18 Å². The minimum Gasteiger partial charge on any atom is -0.396 e. The summed E-state index contributed by atoms with van der Waals surface area (Å²) in [6.45, 7) is 2.77. The third-order valence-corrected chi connectivity index (χ3v) is 3.63. The Morgan fingerprint density at radius 3 is 2.82 bits per heavy atom. The number of hydrogen-bond donors (Lipinski definition) is 2. The predicted octanol–water partition coefficient (Wildman–Crippen LogP) is 2.33. The summed E-state index contributed by atoms with van der Waals surface area (Å²) in [6.07, 6.45) is 3.37. The molecule has 3 N–H and O–H groups in total. The van der Waals surface area contributed by atoms with Crippen LogP contribution in [-0.4, -0.2) is 12.5 Å². The lowest BCUT2D eigenvalue weighted by atomic mass is 10.0. The van der Waals surface area contributed by atoms with Crippen LogP contribution in [0.15, 0.2) is 18.2 Å². The second-order valence-electron chi connectivity index (χ2n) is 4.74. The van der Waals surface area contributed by atoms with Gasteiger partial charge < -0.3 is 11.1 Å². The highest BCUT2D eigenvalue weighted by Crippen LogP contribution is 2.47. The molecule has 1 saturated carbocycles. The second kappa shape index (κ2) is 4.35. The van der Waals surface area contributed by atoms with Crippen LogP contribution >= 0.6 is 0 Å². The van der Waals surface area contributed by atoms with Crippen molar-refractivity contribution >= 4 is 11.6 Å². The molecular formula is C13H17FN2O. The van der Waals surface area contributed by atoms with Crippen molar-refractivity contribution in [1.29, 1.82) is 0 Å². The Hall–Kier alpha value is -1.58. The van der Waals surface area contributed by atoms with E-state index in [1.54, 1.807) is 6.07 Å². The number of nitrogens with one attached hydrogen (secondary N) is 1. The number of halogens is 1. The van der Waals surface area contributed by atoms with Crippen molar-refractivity contribution in [3.63, 3.8) is 0 Å². The van der Waals surface area contributed by atoms with Gasteiger partial charge in [0, 0.05) is 6.54 Å². The minimum absolute atomic E-state index is 0.0775. The summed E-state index contributed by atoms with van der Waals surface area (Å²) in [5.41, 5.74) is 5.95. The number of carbonyl (C=O) groups is 1. The number of benzene rings is 1. The zero-order valence-electron chi connectivity index (χ0n) is 9.92. The molecule has 1 aromatic carbocycles. The standard InChI is InChI=1S/C13H17FN2O/c1-2-13(6-7-13)8-16-12(17)9-4-3-5-10(14)11(9)15/h3-5H,2,6-8,15H2,1H3,(H,16,17). The largest absolute Gasteiger partial charge is 0.396 e. The number of nitrogens with two attached hydrogens (primary N) is 1. The molecule has 0 bridgehead atoms. The first-order valence-corrected chi connectivity index (χ1v) is 5.90. The number of hydrogen-bond acceptors (Lipinski definition) is 2. The van der Waals surface area contributed by atoms with Gasteiger partial charge in [-0.05, 0) is 36.8 Å². The zero-order valence-corrected chi connectivity index (χ0v) is 9.92. The van der Waals surface area contributed by atoms with Gasteiger partial charge >= 0.3 is 0 Å². The highest BCUT2D eigenvalue weighted by Gasteiger charge is 2.40. The topological polar surface area (TPSA) is 55.1 Å². The van der Waals surface area contributed by atoms with Crippen molar-refractivity contribution in [1.82, 2.24) is 5.32 Å². The molecule has 3 nitrogen and oxygen atoms in total. The van der Waals surface area contributed by atoms with Gasteiger partial charge in [-0.1, -0.05) is 13.0 Å². The maximum atomic E-state index is 13.2. The van der Waals surface area contributed by atoms with Crippen LogP contribution in [0.5, 0.6) is 0 Å². The average Bonchev–Trinajstić information content (AvgIpc) is 3.10. The summed E-state index contributed by atoms with van der Waals surface area (Å²) in [7, 11) is 0. The molecule has 1 fully saturated rings. The fourth-order valence-corrected chi connectivity index (χ4v) is 1.93. The number of amides is 1.